The Bertz CT molecular complexity index is 256. The fourth-order valence-electron chi connectivity index (χ4n) is 2.23. The van der Waals surface area contributed by atoms with Crippen LogP contribution in [0.4, 0.5) is 0 Å². The number of rotatable bonds is 6. The molecule has 4 nitrogen and oxygen atoms in total. The van der Waals surface area contributed by atoms with E-state index in [2.05, 4.69) is 18.8 Å². The molecule has 17 heavy (non-hydrogen) atoms. The molecular weight excluding hydrogens is 216 g/mol. The Morgan fingerprint density at radius 2 is 2.41 bits per heavy atom. The van der Waals surface area contributed by atoms with Crippen LogP contribution < -0.4 is 5.32 Å². The van der Waals surface area contributed by atoms with Gasteiger partial charge in [-0.15, -0.1) is 6.58 Å². The minimum atomic E-state index is -0.0412. The fourth-order valence-corrected chi connectivity index (χ4v) is 2.23. The number of nitrogens with zero attached hydrogens (tertiary/aromatic N) is 1. The number of ether oxygens (including phenoxy) is 1. The van der Waals surface area contributed by atoms with Gasteiger partial charge in [-0.25, -0.2) is 0 Å². The van der Waals surface area contributed by atoms with E-state index >= 15 is 0 Å². The highest BCUT2D eigenvalue weighted by Gasteiger charge is 2.30. The van der Waals surface area contributed by atoms with Crippen LogP contribution in [0.25, 0.3) is 0 Å². The number of methoxy groups -OCH3 is 1. The van der Waals surface area contributed by atoms with Crippen molar-refractivity contribution in [2.75, 3.05) is 33.4 Å². The van der Waals surface area contributed by atoms with E-state index in [1.165, 1.54) is 0 Å². The van der Waals surface area contributed by atoms with Gasteiger partial charge in [-0.2, -0.15) is 0 Å². The van der Waals surface area contributed by atoms with Gasteiger partial charge in [0.15, 0.2) is 0 Å². The van der Waals surface area contributed by atoms with E-state index < -0.39 is 0 Å². The summed E-state index contributed by atoms with van der Waals surface area (Å²) >= 11 is 0. The van der Waals surface area contributed by atoms with Crippen LogP contribution in [0.15, 0.2) is 12.7 Å². The molecule has 0 spiro atoms. The van der Waals surface area contributed by atoms with Crippen LogP contribution in [0.5, 0.6) is 0 Å². The summed E-state index contributed by atoms with van der Waals surface area (Å²) in [5.74, 6) is 0.584. The van der Waals surface area contributed by atoms with Crippen LogP contribution in [0.3, 0.4) is 0 Å². The minimum absolute atomic E-state index is 0.0412. The van der Waals surface area contributed by atoms with E-state index in [0.29, 0.717) is 25.6 Å². The first kappa shape index (κ1) is 14.2. The summed E-state index contributed by atoms with van der Waals surface area (Å²) in [4.78, 5) is 14.2. The minimum Gasteiger partial charge on any atom is -0.383 e. The molecule has 1 rings (SSSR count). The average Bonchev–Trinajstić information content (AvgIpc) is 2.34. The van der Waals surface area contributed by atoms with Gasteiger partial charge in [-0.05, 0) is 25.3 Å². The van der Waals surface area contributed by atoms with E-state index in [4.69, 9.17) is 4.74 Å². The molecule has 0 bridgehead atoms. The van der Waals surface area contributed by atoms with Gasteiger partial charge in [0.05, 0.1) is 12.6 Å². The van der Waals surface area contributed by atoms with Crippen LogP contribution in [0.2, 0.25) is 0 Å². The third-order valence-electron chi connectivity index (χ3n) is 3.26. The molecule has 2 atom stereocenters. The molecule has 2 unspecified atom stereocenters. The molecule has 4 heteroatoms. The molecule has 0 aromatic carbocycles. The summed E-state index contributed by atoms with van der Waals surface area (Å²) in [5.41, 5.74) is 0. The monoisotopic (exact) mass is 240 g/mol. The molecule has 1 aliphatic rings. The maximum atomic E-state index is 12.4. The number of carbonyl (C=O) groups is 1. The largest absolute Gasteiger partial charge is 0.383 e. The maximum absolute atomic E-state index is 12.4. The molecule has 1 aliphatic heterocycles. The highest BCUT2D eigenvalue weighted by Crippen LogP contribution is 2.17. The number of hydrogen-bond donors (Lipinski definition) is 1. The Balaban J connectivity index is 2.58. The summed E-state index contributed by atoms with van der Waals surface area (Å²) in [7, 11) is 1.65. The number of hydrogen-bond acceptors (Lipinski definition) is 3. The molecule has 0 aromatic rings. The molecule has 1 saturated heterocycles. The van der Waals surface area contributed by atoms with E-state index in [0.717, 1.165) is 19.4 Å². The van der Waals surface area contributed by atoms with Gasteiger partial charge in [0, 0.05) is 20.2 Å². The molecule has 1 N–H and O–H groups in total. The third-order valence-corrected chi connectivity index (χ3v) is 3.26. The Morgan fingerprint density at radius 1 is 1.65 bits per heavy atom. The summed E-state index contributed by atoms with van der Waals surface area (Å²) in [6, 6.07) is -0.0412. The van der Waals surface area contributed by atoms with Crippen LogP contribution in [0, 0.1) is 5.92 Å². The van der Waals surface area contributed by atoms with Crippen molar-refractivity contribution in [1.82, 2.24) is 10.2 Å². The highest BCUT2D eigenvalue weighted by molar-refractivity contribution is 5.82. The van der Waals surface area contributed by atoms with Crippen molar-refractivity contribution in [3.8, 4) is 0 Å². The SMILES string of the molecule is C=CCN(CCOC)C(=O)C1NCCCC1C. The van der Waals surface area contributed by atoms with Gasteiger partial charge in [0.1, 0.15) is 0 Å². The van der Waals surface area contributed by atoms with Crippen molar-refractivity contribution in [2.24, 2.45) is 5.92 Å². The van der Waals surface area contributed by atoms with Gasteiger partial charge in [-0.1, -0.05) is 13.0 Å². The Hall–Kier alpha value is -0.870. The standard InChI is InChI=1S/C13H24N2O2/c1-4-8-15(9-10-17-3)13(16)12-11(2)6-5-7-14-12/h4,11-12,14H,1,5-10H2,2-3H3. The highest BCUT2D eigenvalue weighted by atomic mass is 16.5. The van der Waals surface area contributed by atoms with Crippen molar-refractivity contribution in [2.45, 2.75) is 25.8 Å². The number of amides is 1. The Kier molecular flexibility index (Phi) is 6.22. The van der Waals surface area contributed by atoms with Crippen molar-refractivity contribution >= 4 is 5.91 Å². The topological polar surface area (TPSA) is 41.6 Å². The van der Waals surface area contributed by atoms with E-state index in [1.54, 1.807) is 13.2 Å². The molecule has 0 saturated carbocycles. The third kappa shape index (κ3) is 4.13. The first-order chi connectivity index (χ1) is 8.20. The van der Waals surface area contributed by atoms with Crippen molar-refractivity contribution in [3.05, 3.63) is 12.7 Å². The molecule has 0 radical (unpaired) electrons. The predicted molar refractivity (Wildman–Crippen MR) is 68.8 cm³/mol. The normalized spacial score (nSPS) is 24.4. The second kappa shape index (κ2) is 7.45. The van der Waals surface area contributed by atoms with Crippen LogP contribution in [-0.4, -0.2) is 50.2 Å². The quantitative estimate of drug-likeness (QED) is 0.705. The molecule has 1 amide bonds. The number of piperidine rings is 1. The summed E-state index contributed by atoms with van der Waals surface area (Å²) in [5, 5.41) is 3.32. The van der Waals surface area contributed by atoms with Gasteiger partial charge < -0.3 is 15.0 Å². The van der Waals surface area contributed by atoms with Gasteiger partial charge in [0.2, 0.25) is 5.91 Å². The second-order valence-corrected chi connectivity index (χ2v) is 4.62. The summed E-state index contributed by atoms with van der Waals surface area (Å²) in [6.45, 7) is 8.57. The van der Waals surface area contributed by atoms with Crippen LogP contribution >= 0.6 is 0 Å². The molecule has 0 aromatic heterocycles. The molecular formula is C13H24N2O2. The lowest BCUT2D eigenvalue weighted by molar-refractivity contribution is -0.135. The van der Waals surface area contributed by atoms with E-state index in [9.17, 15) is 4.79 Å². The smallest absolute Gasteiger partial charge is 0.240 e. The lowest BCUT2D eigenvalue weighted by Gasteiger charge is -2.33. The Morgan fingerprint density at radius 3 is 3.00 bits per heavy atom. The predicted octanol–water partition coefficient (Wildman–Crippen LogP) is 1.04. The van der Waals surface area contributed by atoms with E-state index in [1.807, 2.05) is 4.90 Å². The number of carbonyl (C=O) groups excluding carboxylic acids is 1. The van der Waals surface area contributed by atoms with Gasteiger partial charge in [0.25, 0.3) is 0 Å². The van der Waals surface area contributed by atoms with Crippen LogP contribution in [0.1, 0.15) is 19.8 Å². The molecule has 1 fully saturated rings. The maximum Gasteiger partial charge on any atom is 0.240 e. The number of nitrogens with one attached hydrogen (secondary N) is 1. The van der Waals surface area contributed by atoms with Crippen molar-refractivity contribution < 1.29 is 9.53 Å². The van der Waals surface area contributed by atoms with Crippen LogP contribution in [-0.2, 0) is 9.53 Å². The van der Waals surface area contributed by atoms with E-state index in [-0.39, 0.29) is 11.9 Å². The molecule has 98 valence electrons. The van der Waals surface area contributed by atoms with Crippen molar-refractivity contribution in [3.63, 3.8) is 0 Å². The average molecular weight is 240 g/mol. The summed E-state index contributed by atoms with van der Waals surface area (Å²) < 4.78 is 5.03. The van der Waals surface area contributed by atoms with Crippen molar-refractivity contribution in [1.29, 1.82) is 0 Å². The molecule has 1 heterocycles. The fraction of sp³-hybridized carbons (Fsp3) is 0.769. The summed E-state index contributed by atoms with van der Waals surface area (Å²) in [6.07, 6.45) is 4.04. The molecule has 0 aliphatic carbocycles. The lowest BCUT2D eigenvalue weighted by atomic mass is 9.92. The zero-order valence-electron chi connectivity index (χ0n) is 10.9. The zero-order chi connectivity index (χ0) is 12.7. The first-order valence-corrected chi connectivity index (χ1v) is 6.32. The lowest BCUT2D eigenvalue weighted by Crippen LogP contribution is -2.52. The Labute approximate surface area is 104 Å². The van der Waals surface area contributed by atoms with Gasteiger partial charge in [-0.3, -0.25) is 4.79 Å². The second-order valence-electron chi connectivity index (χ2n) is 4.62. The van der Waals surface area contributed by atoms with Gasteiger partial charge >= 0.3 is 0 Å². The zero-order valence-corrected chi connectivity index (χ0v) is 10.9. The first-order valence-electron chi connectivity index (χ1n) is 6.32.